The third-order valence-electron chi connectivity index (χ3n) is 5.23. The normalized spacial score (nSPS) is 11.6. The van der Waals surface area contributed by atoms with Crippen molar-refractivity contribution in [2.45, 2.75) is 45.9 Å². The zero-order chi connectivity index (χ0) is 23.5. The fourth-order valence-corrected chi connectivity index (χ4v) is 3.68. The molecule has 0 saturated heterocycles. The molecular formula is C25H22F5O2. The van der Waals surface area contributed by atoms with Crippen molar-refractivity contribution in [1.82, 2.24) is 0 Å². The van der Waals surface area contributed by atoms with E-state index in [0.29, 0.717) is 5.56 Å². The summed E-state index contributed by atoms with van der Waals surface area (Å²) >= 11 is 0. The lowest BCUT2D eigenvalue weighted by molar-refractivity contribution is -0.274. The number of rotatable bonds is 7. The molecule has 32 heavy (non-hydrogen) atoms. The average Bonchev–Trinajstić information content (AvgIpc) is 2.76. The molecule has 7 heteroatoms. The Balaban J connectivity index is 2.16. The van der Waals surface area contributed by atoms with Crippen LogP contribution in [0.5, 0.6) is 11.5 Å². The molecule has 0 heterocycles. The summed E-state index contributed by atoms with van der Waals surface area (Å²) in [6, 6.07) is 11.8. The lowest BCUT2D eigenvalue weighted by atomic mass is 9.87. The van der Waals surface area contributed by atoms with Crippen molar-refractivity contribution in [3.8, 4) is 33.8 Å². The van der Waals surface area contributed by atoms with E-state index in [1.54, 1.807) is 19.1 Å². The maximum Gasteiger partial charge on any atom is 0.573 e. The molecule has 0 atom stereocenters. The first-order valence-corrected chi connectivity index (χ1v) is 10.3. The van der Waals surface area contributed by atoms with Gasteiger partial charge in [0.2, 0.25) is 11.6 Å². The van der Waals surface area contributed by atoms with Gasteiger partial charge in [-0.05, 0) is 59.2 Å². The van der Waals surface area contributed by atoms with Crippen molar-refractivity contribution in [3.05, 3.63) is 71.3 Å². The third-order valence-corrected chi connectivity index (χ3v) is 5.23. The Hall–Kier alpha value is -3.09. The molecule has 0 N–H and O–H groups in total. The first-order valence-electron chi connectivity index (χ1n) is 10.3. The Bertz CT molecular complexity index is 1070. The summed E-state index contributed by atoms with van der Waals surface area (Å²) in [6.07, 6.45) is -1.84. The molecule has 1 radical (unpaired) electrons. The predicted molar refractivity (Wildman–Crippen MR) is 112 cm³/mol. The maximum absolute atomic E-state index is 14.7. The first kappa shape index (κ1) is 23.6. The van der Waals surface area contributed by atoms with Gasteiger partial charge >= 0.3 is 6.36 Å². The second-order valence-corrected chi connectivity index (χ2v) is 7.41. The summed E-state index contributed by atoms with van der Waals surface area (Å²) in [4.78, 5) is 0. The zero-order valence-electron chi connectivity index (χ0n) is 17.7. The van der Waals surface area contributed by atoms with Gasteiger partial charge in [0.15, 0.2) is 5.82 Å². The molecule has 3 rings (SSSR count). The molecule has 0 saturated carbocycles. The van der Waals surface area contributed by atoms with Crippen LogP contribution in [0.2, 0.25) is 0 Å². The van der Waals surface area contributed by atoms with Gasteiger partial charge in [-0.15, -0.1) is 13.2 Å². The van der Waals surface area contributed by atoms with E-state index < -0.39 is 29.5 Å². The molecule has 0 amide bonds. The molecule has 0 aliphatic heterocycles. The van der Waals surface area contributed by atoms with Crippen LogP contribution in [0, 0.1) is 11.6 Å². The number of benzene rings is 3. The second-order valence-electron chi connectivity index (χ2n) is 7.41. The standard InChI is InChI=1S/C25H22F5O2/c1-3-5-6-15-7-9-16(10-8-15)20-19(4-2)22(26)23(27)24(31)21(20)17-11-13-18(14-12-17)32-25(28,29)30/h7-14H,3-6H2,1-2H3. The summed E-state index contributed by atoms with van der Waals surface area (Å²) in [5.41, 5.74) is 1.96. The lowest BCUT2D eigenvalue weighted by Crippen LogP contribution is -2.16. The van der Waals surface area contributed by atoms with E-state index in [4.69, 9.17) is 0 Å². The largest absolute Gasteiger partial charge is 0.573 e. The van der Waals surface area contributed by atoms with Gasteiger partial charge in [-0.1, -0.05) is 56.7 Å². The minimum absolute atomic E-state index is 0.0361. The van der Waals surface area contributed by atoms with Crippen LogP contribution in [0.15, 0.2) is 48.5 Å². The molecule has 0 unspecified atom stereocenters. The summed E-state index contributed by atoms with van der Waals surface area (Å²) in [7, 11) is 0. The van der Waals surface area contributed by atoms with Crippen LogP contribution < -0.4 is 4.74 Å². The van der Waals surface area contributed by atoms with Gasteiger partial charge in [-0.2, -0.15) is 4.39 Å². The van der Waals surface area contributed by atoms with E-state index in [1.807, 2.05) is 12.1 Å². The van der Waals surface area contributed by atoms with Gasteiger partial charge in [0.25, 0.3) is 0 Å². The van der Waals surface area contributed by atoms with E-state index in [9.17, 15) is 27.1 Å². The summed E-state index contributed by atoms with van der Waals surface area (Å²) in [6.45, 7) is 3.72. The van der Waals surface area contributed by atoms with E-state index in [2.05, 4.69) is 11.7 Å². The van der Waals surface area contributed by atoms with Crippen molar-refractivity contribution in [1.29, 1.82) is 0 Å². The van der Waals surface area contributed by atoms with Gasteiger partial charge < -0.3 is 4.74 Å². The highest BCUT2D eigenvalue weighted by atomic mass is 19.4. The number of unbranched alkanes of at least 4 members (excludes halogenated alkanes) is 1. The molecule has 3 aromatic rings. The van der Waals surface area contributed by atoms with E-state index in [-0.39, 0.29) is 28.7 Å². The van der Waals surface area contributed by atoms with Crippen LogP contribution in [0.1, 0.15) is 37.8 Å². The second kappa shape index (κ2) is 9.59. The van der Waals surface area contributed by atoms with Gasteiger partial charge in [0.05, 0.1) is 0 Å². The number of aryl methyl sites for hydroxylation is 1. The van der Waals surface area contributed by atoms with Crippen molar-refractivity contribution < 1.29 is 31.8 Å². The fraction of sp³-hybridized carbons (Fsp3) is 0.280. The number of alkyl halides is 3. The Morgan fingerprint density at radius 3 is 1.91 bits per heavy atom. The van der Waals surface area contributed by atoms with E-state index in [1.165, 1.54) is 12.1 Å². The molecule has 0 aliphatic rings. The zero-order valence-corrected chi connectivity index (χ0v) is 17.7. The molecule has 0 fully saturated rings. The van der Waals surface area contributed by atoms with Gasteiger partial charge in [0.1, 0.15) is 5.75 Å². The third kappa shape index (κ3) is 5.03. The SMILES string of the molecule is CCCCc1ccc(-c2c(CC)c(F)c(F)c([O])c2-c2ccc(OC(F)(F)F)cc2)cc1. The summed E-state index contributed by atoms with van der Waals surface area (Å²) < 4.78 is 70.4. The first-order chi connectivity index (χ1) is 15.2. The van der Waals surface area contributed by atoms with Gasteiger partial charge in [-0.3, -0.25) is 5.11 Å². The van der Waals surface area contributed by atoms with Crippen molar-refractivity contribution in [2.24, 2.45) is 0 Å². The van der Waals surface area contributed by atoms with E-state index >= 15 is 0 Å². The minimum atomic E-state index is -4.87. The van der Waals surface area contributed by atoms with Crippen molar-refractivity contribution >= 4 is 0 Å². The molecule has 0 spiro atoms. The van der Waals surface area contributed by atoms with Crippen LogP contribution in [-0.4, -0.2) is 6.36 Å². The average molecular weight is 449 g/mol. The number of hydrogen-bond donors (Lipinski definition) is 0. The fourth-order valence-electron chi connectivity index (χ4n) is 3.68. The van der Waals surface area contributed by atoms with Crippen LogP contribution >= 0.6 is 0 Å². The number of ether oxygens (including phenoxy) is 1. The summed E-state index contributed by atoms with van der Waals surface area (Å²) in [5, 5.41) is 12.7. The molecule has 0 aromatic heterocycles. The highest BCUT2D eigenvalue weighted by molar-refractivity contribution is 5.90. The Morgan fingerprint density at radius 2 is 1.38 bits per heavy atom. The highest BCUT2D eigenvalue weighted by Gasteiger charge is 2.31. The van der Waals surface area contributed by atoms with Crippen LogP contribution in [0.25, 0.3) is 22.3 Å². The Kier molecular flexibility index (Phi) is 7.06. The Morgan fingerprint density at radius 1 is 0.812 bits per heavy atom. The molecule has 0 bridgehead atoms. The van der Waals surface area contributed by atoms with Crippen molar-refractivity contribution in [2.75, 3.05) is 0 Å². The maximum atomic E-state index is 14.7. The molecule has 2 nitrogen and oxygen atoms in total. The van der Waals surface area contributed by atoms with Gasteiger partial charge in [0, 0.05) is 5.56 Å². The molecule has 3 aromatic carbocycles. The molecular weight excluding hydrogens is 427 g/mol. The summed E-state index contributed by atoms with van der Waals surface area (Å²) in [5.74, 6) is -4.33. The smallest absolute Gasteiger partial charge is 0.406 e. The van der Waals surface area contributed by atoms with Crippen molar-refractivity contribution in [3.63, 3.8) is 0 Å². The molecule has 169 valence electrons. The van der Waals surface area contributed by atoms with Crippen LogP contribution in [0.3, 0.4) is 0 Å². The lowest BCUT2D eigenvalue weighted by Gasteiger charge is -2.18. The molecule has 0 aliphatic carbocycles. The van der Waals surface area contributed by atoms with Gasteiger partial charge in [-0.25, -0.2) is 4.39 Å². The quantitative estimate of drug-likeness (QED) is 0.334. The topological polar surface area (TPSA) is 29.1 Å². The highest BCUT2D eigenvalue weighted by Crippen LogP contribution is 2.45. The number of hydrogen-bond acceptors (Lipinski definition) is 1. The number of halogens is 5. The van der Waals surface area contributed by atoms with E-state index in [0.717, 1.165) is 37.0 Å². The van der Waals surface area contributed by atoms with Crippen LogP contribution in [0.4, 0.5) is 22.0 Å². The monoisotopic (exact) mass is 449 g/mol. The predicted octanol–water partition coefficient (Wildman–Crippen LogP) is 8.25. The van der Waals surface area contributed by atoms with Crippen LogP contribution in [-0.2, 0) is 17.9 Å². The Labute approximate surface area is 183 Å². The minimum Gasteiger partial charge on any atom is -0.406 e.